The quantitative estimate of drug-likeness (QED) is 0.545. The van der Waals surface area contributed by atoms with E-state index in [2.05, 4.69) is 24.1 Å². The molecular weight excluding hydrogens is 130 g/mol. The van der Waals surface area contributed by atoms with Gasteiger partial charge in [0.05, 0.1) is 0 Å². The van der Waals surface area contributed by atoms with Crippen molar-refractivity contribution in [3.8, 4) is 0 Å². The van der Waals surface area contributed by atoms with E-state index in [1.807, 2.05) is 6.20 Å². The molecule has 0 atom stereocenters. The predicted molar refractivity (Wildman–Crippen MR) is 43.8 cm³/mol. The summed E-state index contributed by atoms with van der Waals surface area (Å²) in [6, 6.07) is 0. The van der Waals surface area contributed by atoms with Gasteiger partial charge in [-0.05, 0) is 19.0 Å². The summed E-state index contributed by atoms with van der Waals surface area (Å²) in [6.07, 6.45) is 4.32. The number of rotatable bonds is 1. The largest absolute Gasteiger partial charge is 0.378 e. The van der Waals surface area contributed by atoms with E-state index in [0.717, 1.165) is 13.1 Å². The van der Waals surface area contributed by atoms with E-state index in [4.69, 9.17) is 0 Å². The number of hydrogen-bond donors (Lipinski definition) is 1. The summed E-state index contributed by atoms with van der Waals surface area (Å²) in [6.45, 7) is 5.98. The first-order valence-electron chi connectivity index (χ1n) is 3.37. The van der Waals surface area contributed by atoms with Crippen LogP contribution in [0.5, 0.6) is 0 Å². The van der Waals surface area contributed by atoms with Gasteiger partial charge in [0, 0.05) is 18.3 Å². The second-order valence-electron chi connectivity index (χ2n) is 2.45. The molecule has 1 heterocycles. The first kappa shape index (κ1) is 7.00. The van der Waals surface area contributed by atoms with Gasteiger partial charge in [0.2, 0.25) is 0 Å². The van der Waals surface area contributed by atoms with E-state index >= 15 is 0 Å². The van der Waals surface area contributed by atoms with Crippen molar-refractivity contribution >= 4 is 12.6 Å². The fraction of sp³-hybridized carbons (Fsp3) is 0.714. The molecule has 0 N–H and O–H groups in total. The average molecular weight is 143 g/mol. The molecule has 0 aromatic carbocycles. The molecule has 1 rings (SSSR count). The molecule has 1 saturated heterocycles. The SMILES string of the molecule is C=CN1CCC(S)CC1. The summed E-state index contributed by atoms with van der Waals surface area (Å²) < 4.78 is 0. The van der Waals surface area contributed by atoms with Gasteiger partial charge in [-0.1, -0.05) is 6.58 Å². The Morgan fingerprint density at radius 3 is 2.44 bits per heavy atom. The lowest BCUT2D eigenvalue weighted by molar-refractivity contribution is 0.317. The Morgan fingerprint density at radius 1 is 1.44 bits per heavy atom. The van der Waals surface area contributed by atoms with E-state index in [1.165, 1.54) is 12.8 Å². The van der Waals surface area contributed by atoms with E-state index in [9.17, 15) is 0 Å². The molecule has 1 aliphatic heterocycles. The Morgan fingerprint density at radius 2 is 2.00 bits per heavy atom. The van der Waals surface area contributed by atoms with Crippen LogP contribution in [0.25, 0.3) is 0 Å². The third-order valence-corrected chi connectivity index (χ3v) is 2.27. The minimum absolute atomic E-state index is 0.626. The Bertz CT molecular complexity index is 95.1. The molecule has 0 aliphatic carbocycles. The normalized spacial score (nSPS) is 22.1. The van der Waals surface area contributed by atoms with Crippen LogP contribution in [0.4, 0.5) is 0 Å². The van der Waals surface area contributed by atoms with Crippen molar-refractivity contribution in [3.63, 3.8) is 0 Å². The number of hydrogen-bond acceptors (Lipinski definition) is 2. The van der Waals surface area contributed by atoms with E-state index in [1.54, 1.807) is 0 Å². The van der Waals surface area contributed by atoms with Gasteiger partial charge in [0.25, 0.3) is 0 Å². The van der Waals surface area contributed by atoms with E-state index in [0.29, 0.717) is 5.25 Å². The van der Waals surface area contributed by atoms with Crippen molar-refractivity contribution in [2.24, 2.45) is 0 Å². The minimum Gasteiger partial charge on any atom is -0.378 e. The number of likely N-dealkylation sites (tertiary alicyclic amines) is 1. The molecular formula is C7H13NS. The monoisotopic (exact) mass is 143 g/mol. The zero-order chi connectivity index (χ0) is 6.69. The average Bonchev–Trinajstić information content (AvgIpc) is 1.90. The molecule has 0 saturated carbocycles. The maximum absolute atomic E-state index is 4.38. The number of piperidine rings is 1. The molecule has 1 nitrogen and oxygen atoms in total. The number of thiol groups is 1. The first-order chi connectivity index (χ1) is 4.33. The Hall–Kier alpha value is -0.110. The van der Waals surface area contributed by atoms with Crippen LogP contribution in [0.3, 0.4) is 0 Å². The topological polar surface area (TPSA) is 3.24 Å². The molecule has 2 heteroatoms. The second kappa shape index (κ2) is 3.16. The third-order valence-electron chi connectivity index (χ3n) is 1.76. The highest BCUT2D eigenvalue weighted by molar-refractivity contribution is 7.80. The predicted octanol–water partition coefficient (Wildman–Crippen LogP) is 1.52. The van der Waals surface area contributed by atoms with Crippen LogP contribution in [0.1, 0.15) is 12.8 Å². The van der Waals surface area contributed by atoms with Crippen molar-refractivity contribution < 1.29 is 0 Å². The van der Waals surface area contributed by atoms with Crippen LogP contribution < -0.4 is 0 Å². The first-order valence-corrected chi connectivity index (χ1v) is 3.89. The van der Waals surface area contributed by atoms with Gasteiger partial charge in [-0.2, -0.15) is 12.6 Å². The Kier molecular flexibility index (Phi) is 2.46. The summed E-state index contributed by atoms with van der Waals surface area (Å²) >= 11 is 4.38. The van der Waals surface area contributed by atoms with Gasteiger partial charge in [-0.25, -0.2) is 0 Å². The second-order valence-corrected chi connectivity index (χ2v) is 3.18. The van der Waals surface area contributed by atoms with Crippen molar-refractivity contribution in [2.75, 3.05) is 13.1 Å². The minimum atomic E-state index is 0.626. The van der Waals surface area contributed by atoms with Gasteiger partial charge in [0.15, 0.2) is 0 Å². The van der Waals surface area contributed by atoms with Gasteiger partial charge in [-0.3, -0.25) is 0 Å². The molecule has 0 aromatic heterocycles. The highest BCUT2D eigenvalue weighted by atomic mass is 32.1. The molecule has 1 fully saturated rings. The molecule has 1 aliphatic rings. The van der Waals surface area contributed by atoms with Gasteiger partial charge >= 0.3 is 0 Å². The molecule has 0 aromatic rings. The van der Waals surface area contributed by atoms with Crippen LogP contribution in [0.2, 0.25) is 0 Å². The zero-order valence-corrected chi connectivity index (χ0v) is 6.48. The van der Waals surface area contributed by atoms with Gasteiger partial charge in [0.1, 0.15) is 0 Å². The lowest BCUT2D eigenvalue weighted by atomic mass is 10.1. The van der Waals surface area contributed by atoms with E-state index < -0.39 is 0 Å². The van der Waals surface area contributed by atoms with Crippen molar-refractivity contribution in [3.05, 3.63) is 12.8 Å². The summed E-state index contributed by atoms with van der Waals surface area (Å²) in [5, 5.41) is 0.626. The van der Waals surface area contributed by atoms with Crippen molar-refractivity contribution in [1.82, 2.24) is 4.90 Å². The van der Waals surface area contributed by atoms with Gasteiger partial charge in [-0.15, -0.1) is 0 Å². The smallest absolute Gasteiger partial charge is 0.0182 e. The maximum atomic E-state index is 4.38. The standard InChI is InChI=1S/C7H13NS/c1-2-8-5-3-7(9)4-6-8/h2,7,9H,1,3-6H2. The van der Waals surface area contributed by atoms with Gasteiger partial charge < -0.3 is 4.90 Å². The summed E-state index contributed by atoms with van der Waals surface area (Å²) in [5.74, 6) is 0. The Balaban J connectivity index is 2.26. The fourth-order valence-electron chi connectivity index (χ4n) is 1.07. The van der Waals surface area contributed by atoms with Crippen LogP contribution >= 0.6 is 12.6 Å². The summed E-state index contributed by atoms with van der Waals surface area (Å²) in [4.78, 5) is 2.24. The molecule has 0 bridgehead atoms. The summed E-state index contributed by atoms with van der Waals surface area (Å²) in [5.41, 5.74) is 0. The van der Waals surface area contributed by atoms with Crippen molar-refractivity contribution in [2.45, 2.75) is 18.1 Å². The lowest BCUT2D eigenvalue weighted by Crippen LogP contribution is -2.29. The highest BCUT2D eigenvalue weighted by Crippen LogP contribution is 2.14. The maximum Gasteiger partial charge on any atom is 0.0182 e. The molecule has 9 heavy (non-hydrogen) atoms. The Labute approximate surface area is 62.1 Å². The van der Waals surface area contributed by atoms with Crippen LogP contribution in [0, 0.1) is 0 Å². The lowest BCUT2D eigenvalue weighted by Gasteiger charge is -2.27. The van der Waals surface area contributed by atoms with Crippen LogP contribution in [0.15, 0.2) is 12.8 Å². The number of nitrogens with zero attached hydrogens (tertiary/aromatic N) is 1. The molecule has 0 radical (unpaired) electrons. The fourth-order valence-corrected chi connectivity index (χ4v) is 1.30. The van der Waals surface area contributed by atoms with Crippen molar-refractivity contribution in [1.29, 1.82) is 0 Å². The molecule has 0 unspecified atom stereocenters. The third kappa shape index (κ3) is 1.94. The van der Waals surface area contributed by atoms with Crippen LogP contribution in [-0.2, 0) is 0 Å². The molecule has 0 amide bonds. The molecule has 0 spiro atoms. The summed E-state index contributed by atoms with van der Waals surface area (Å²) in [7, 11) is 0. The van der Waals surface area contributed by atoms with Crippen LogP contribution in [-0.4, -0.2) is 23.2 Å². The molecule has 52 valence electrons. The zero-order valence-electron chi connectivity index (χ0n) is 5.58. The van der Waals surface area contributed by atoms with E-state index in [-0.39, 0.29) is 0 Å². The highest BCUT2D eigenvalue weighted by Gasteiger charge is 2.11.